The molecule has 0 fully saturated rings. The van der Waals surface area contributed by atoms with Crippen LogP contribution in [0.4, 0.5) is 8.78 Å². The van der Waals surface area contributed by atoms with E-state index in [9.17, 15) is 22.0 Å². The lowest BCUT2D eigenvalue weighted by atomic mass is 10.4. The third-order valence-corrected chi connectivity index (χ3v) is 2.80. The molecule has 8 heteroatoms. The number of sulfonamides is 1. The summed E-state index contributed by atoms with van der Waals surface area (Å²) in [5.41, 5.74) is 0. The molecule has 0 atom stereocenters. The maximum Gasteiger partial charge on any atom is 0.350 e. The molecular formula is C5H9F2NO4S. The SMILES string of the molecule is CN(CCC(=O)O)S(=O)(=O)C(F)F. The Morgan fingerprint density at radius 3 is 2.31 bits per heavy atom. The minimum absolute atomic E-state index is 0.325. The van der Waals surface area contributed by atoms with E-state index in [2.05, 4.69) is 0 Å². The smallest absolute Gasteiger partial charge is 0.350 e. The molecule has 0 aliphatic rings. The van der Waals surface area contributed by atoms with Gasteiger partial charge in [-0.3, -0.25) is 4.79 Å². The van der Waals surface area contributed by atoms with Crippen molar-refractivity contribution in [1.82, 2.24) is 4.31 Å². The highest BCUT2D eigenvalue weighted by molar-refractivity contribution is 7.89. The lowest BCUT2D eigenvalue weighted by Crippen LogP contribution is -2.33. The molecule has 0 aromatic heterocycles. The molecule has 0 bridgehead atoms. The van der Waals surface area contributed by atoms with Crippen LogP contribution in [0.25, 0.3) is 0 Å². The Morgan fingerprint density at radius 1 is 1.54 bits per heavy atom. The quantitative estimate of drug-likeness (QED) is 0.700. The maximum atomic E-state index is 11.8. The van der Waals surface area contributed by atoms with Crippen molar-refractivity contribution in [2.45, 2.75) is 12.2 Å². The monoisotopic (exact) mass is 217 g/mol. The van der Waals surface area contributed by atoms with Gasteiger partial charge in [0.25, 0.3) is 10.0 Å². The van der Waals surface area contributed by atoms with Gasteiger partial charge in [0.15, 0.2) is 0 Å². The first-order valence-corrected chi connectivity index (χ1v) is 4.74. The van der Waals surface area contributed by atoms with Crippen molar-refractivity contribution in [1.29, 1.82) is 0 Å². The minimum atomic E-state index is -4.64. The first-order chi connectivity index (χ1) is 5.78. The van der Waals surface area contributed by atoms with Crippen LogP contribution in [0.2, 0.25) is 0 Å². The van der Waals surface area contributed by atoms with Gasteiger partial charge >= 0.3 is 11.7 Å². The van der Waals surface area contributed by atoms with E-state index >= 15 is 0 Å². The van der Waals surface area contributed by atoms with Crippen molar-refractivity contribution in [3.05, 3.63) is 0 Å². The molecule has 0 aromatic carbocycles. The number of halogens is 2. The average molecular weight is 217 g/mol. The van der Waals surface area contributed by atoms with Gasteiger partial charge in [-0.2, -0.15) is 13.1 Å². The van der Waals surface area contributed by atoms with E-state index in [4.69, 9.17) is 5.11 Å². The molecule has 1 N–H and O–H groups in total. The van der Waals surface area contributed by atoms with Gasteiger partial charge in [0.05, 0.1) is 6.42 Å². The fourth-order valence-corrected chi connectivity index (χ4v) is 1.13. The van der Waals surface area contributed by atoms with Gasteiger partial charge in [-0.05, 0) is 0 Å². The molecule has 78 valence electrons. The summed E-state index contributed by atoms with van der Waals surface area (Å²) in [5.74, 6) is -4.75. The highest BCUT2D eigenvalue weighted by Gasteiger charge is 2.29. The van der Waals surface area contributed by atoms with E-state index in [1.165, 1.54) is 0 Å². The van der Waals surface area contributed by atoms with Crippen LogP contribution < -0.4 is 0 Å². The van der Waals surface area contributed by atoms with Gasteiger partial charge in [0.1, 0.15) is 0 Å². The third-order valence-electron chi connectivity index (χ3n) is 1.30. The normalized spacial score (nSPS) is 12.4. The van der Waals surface area contributed by atoms with E-state index < -0.39 is 34.7 Å². The van der Waals surface area contributed by atoms with E-state index in [0.29, 0.717) is 4.31 Å². The number of alkyl halides is 2. The van der Waals surface area contributed by atoms with E-state index in [1.54, 1.807) is 0 Å². The Hall–Kier alpha value is -0.760. The molecule has 0 radical (unpaired) electrons. The van der Waals surface area contributed by atoms with E-state index in [-0.39, 0.29) is 0 Å². The largest absolute Gasteiger partial charge is 0.481 e. The maximum absolute atomic E-state index is 11.8. The van der Waals surface area contributed by atoms with Crippen LogP contribution in [0.15, 0.2) is 0 Å². The van der Waals surface area contributed by atoms with Crippen LogP contribution in [-0.2, 0) is 14.8 Å². The Labute approximate surface area is 74.0 Å². The van der Waals surface area contributed by atoms with E-state index in [0.717, 1.165) is 7.05 Å². The lowest BCUT2D eigenvalue weighted by Gasteiger charge is -2.14. The standard InChI is InChI=1S/C5H9F2NO4S/c1-8(3-2-4(9)10)13(11,12)5(6)7/h5H,2-3H2,1H3,(H,9,10). The molecule has 0 saturated carbocycles. The summed E-state index contributed by atoms with van der Waals surface area (Å²) in [5, 5.41) is 8.16. The second kappa shape index (κ2) is 4.47. The molecule has 5 nitrogen and oxygen atoms in total. The summed E-state index contributed by atoms with van der Waals surface area (Å²) < 4.78 is 45.2. The topological polar surface area (TPSA) is 74.7 Å². The summed E-state index contributed by atoms with van der Waals surface area (Å²) in [6, 6.07) is 0. The zero-order chi connectivity index (χ0) is 10.6. The van der Waals surface area contributed by atoms with Crippen LogP contribution in [0.5, 0.6) is 0 Å². The Kier molecular flexibility index (Phi) is 4.21. The Morgan fingerprint density at radius 2 is 2.00 bits per heavy atom. The number of hydrogen-bond donors (Lipinski definition) is 1. The zero-order valence-corrected chi connectivity index (χ0v) is 7.59. The van der Waals surface area contributed by atoms with Crippen molar-refractivity contribution < 1.29 is 27.1 Å². The molecule has 13 heavy (non-hydrogen) atoms. The van der Waals surface area contributed by atoms with Crippen LogP contribution in [0.3, 0.4) is 0 Å². The van der Waals surface area contributed by atoms with Crippen LogP contribution in [0.1, 0.15) is 6.42 Å². The van der Waals surface area contributed by atoms with Crippen LogP contribution >= 0.6 is 0 Å². The second-order valence-corrected chi connectivity index (χ2v) is 4.28. The number of carboxylic acid groups (broad SMARTS) is 1. The molecule has 0 amide bonds. The number of carboxylic acids is 1. The highest BCUT2D eigenvalue weighted by atomic mass is 32.2. The van der Waals surface area contributed by atoms with Gasteiger partial charge in [0.2, 0.25) is 0 Å². The van der Waals surface area contributed by atoms with Gasteiger partial charge < -0.3 is 5.11 Å². The summed E-state index contributed by atoms with van der Waals surface area (Å²) >= 11 is 0. The number of aliphatic carboxylic acids is 1. The van der Waals surface area contributed by atoms with Crippen molar-refractivity contribution in [2.24, 2.45) is 0 Å². The zero-order valence-electron chi connectivity index (χ0n) is 6.77. The Bertz CT molecular complexity index is 276. The summed E-state index contributed by atoms with van der Waals surface area (Å²) in [6.07, 6.45) is -0.498. The van der Waals surface area contributed by atoms with Gasteiger partial charge in [0, 0.05) is 13.6 Å². The molecule has 0 unspecified atom stereocenters. The molecule has 0 aliphatic heterocycles. The lowest BCUT2D eigenvalue weighted by molar-refractivity contribution is -0.137. The van der Waals surface area contributed by atoms with Gasteiger partial charge in [-0.1, -0.05) is 0 Å². The number of carbonyl (C=O) groups is 1. The molecule has 0 aliphatic carbocycles. The van der Waals surface area contributed by atoms with Crippen molar-refractivity contribution in [3.8, 4) is 0 Å². The minimum Gasteiger partial charge on any atom is -0.481 e. The molecule has 0 aromatic rings. The number of rotatable bonds is 5. The molecule has 0 saturated heterocycles. The van der Waals surface area contributed by atoms with Crippen LogP contribution in [0, 0.1) is 0 Å². The van der Waals surface area contributed by atoms with Crippen molar-refractivity contribution in [3.63, 3.8) is 0 Å². The van der Waals surface area contributed by atoms with Gasteiger partial charge in [-0.25, -0.2) is 8.42 Å². The summed E-state index contributed by atoms with van der Waals surface area (Å²) in [7, 11) is -3.73. The first-order valence-electron chi connectivity index (χ1n) is 3.23. The first kappa shape index (κ1) is 12.2. The number of hydrogen-bond acceptors (Lipinski definition) is 3. The molecule has 0 rings (SSSR count). The summed E-state index contributed by atoms with van der Waals surface area (Å²) in [4.78, 5) is 9.99. The predicted molar refractivity (Wildman–Crippen MR) is 39.8 cm³/mol. The Balaban J connectivity index is 4.27. The fourth-order valence-electron chi connectivity index (χ4n) is 0.516. The van der Waals surface area contributed by atoms with Crippen LogP contribution in [-0.4, -0.2) is 43.1 Å². The molecular weight excluding hydrogens is 208 g/mol. The fraction of sp³-hybridized carbons (Fsp3) is 0.800. The predicted octanol–water partition coefficient (Wildman–Crippen LogP) is -0.0547. The van der Waals surface area contributed by atoms with E-state index in [1.807, 2.05) is 0 Å². The number of nitrogens with zero attached hydrogens (tertiary/aromatic N) is 1. The van der Waals surface area contributed by atoms with Crippen molar-refractivity contribution in [2.75, 3.05) is 13.6 Å². The average Bonchev–Trinajstić information content (AvgIpc) is 1.99. The summed E-state index contributed by atoms with van der Waals surface area (Å²) in [6.45, 7) is -0.456. The molecule has 0 spiro atoms. The van der Waals surface area contributed by atoms with Crippen molar-refractivity contribution >= 4 is 16.0 Å². The highest BCUT2D eigenvalue weighted by Crippen LogP contribution is 2.09. The molecule has 0 heterocycles. The van der Waals surface area contributed by atoms with Gasteiger partial charge in [-0.15, -0.1) is 0 Å². The third kappa shape index (κ3) is 3.64. The second-order valence-electron chi connectivity index (χ2n) is 2.27.